The summed E-state index contributed by atoms with van der Waals surface area (Å²) < 4.78 is 3.66. The number of rotatable bonds is 5. The van der Waals surface area contributed by atoms with Crippen molar-refractivity contribution in [3.05, 3.63) is 84.1 Å². The lowest BCUT2D eigenvalue weighted by Crippen LogP contribution is -2.12. The molecule has 4 heterocycles. The molecule has 0 saturated heterocycles. The van der Waals surface area contributed by atoms with E-state index in [9.17, 15) is 9.90 Å². The number of hydrogen-bond acceptors (Lipinski definition) is 5. The van der Waals surface area contributed by atoms with Crippen molar-refractivity contribution in [1.82, 2.24) is 24.1 Å². The molecule has 5 rings (SSSR count). The highest BCUT2D eigenvalue weighted by molar-refractivity contribution is 6.08. The molecular weight excluding hydrogens is 392 g/mol. The maximum atomic E-state index is 12.9. The zero-order valence-electron chi connectivity index (χ0n) is 16.9. The van der Waals surface area contributed by atoms with Gasteiger partial charge in [-0.15, -0.1) is 0 Å². The fourth-order valence-electron chi connectivity index (χ4n) is 3.72. The van der Waals surface area contributed by atoms with E-state index < -0.39 is 0 Å². The number of carbonyl (C=O) groups is 1. The molecule has 8 nitrogen and oxygen atoms in total. The van der Waals surface area contributed by atoms with Gasteiger partial charge in [0.25, 0.3) is 5.91 Å². The maximum absolute atomic E-state index is 12.9. The molecule has 0 aliphatic rings. The number of anilines is 1. The Bertz CT molecular complexity index is 1390. The smallest absolute Gasteiger partial charge is 0.275 e. The molecule has 2 N–H and O–H groups in total. The van der Waals surface area contributed by atoms with Crippen molar-refractivity contribution >= 4 is 28.1 Å². The van der Waals surface area contributed by atoms with Gasteiger partial charge in [0.05, 0.1) is 29.1 Å². The van der Waals surface area contributed by atoms with Crippen molar-refractivity contribution in [3.8, 4) is 5.88 Å². The number of pyridine rings is 2. The predicted molar refractivity (Wildman–Crippen MR) is 117 cm³/mol. The van der Waals surface area contributed by atoms with E-state index in [4.69, 9.17) is 5.10 Å². The van der Waals surface area contributed by atoms with Crippen molar-refractivity contribution in [2.45, 2.75) is 19.9 Å². The van der Waals surface area contributed by atoms with Crippen LogP contribution < -0.4 is 5.32 Å². The van der Waals surface area contributed by atoms with Crippen LogP contribution in [0.1, 0.15) is 28.8 Å². The summed E-state index contributed by atoms with van der Waals surface area (Å²) in [5, 5.41) is 18.3. The number of aromatic nitrogens is 5. The number of aryl methyl sites for hydroxylation is 1. The second kappa shape index (κ2) is 7.56. The number of hydrogen-bond donors (Lipinski definition) is 2. The number of nitrogens with one attached hydrogen (secondary N) is 1. The first-order chi connectivity index (χ1) is 15.1. The Balaban J connectivity index is 1.51. The largest absolute Gasteiger partial charge is 0.493 e. The summed E-state index contributed by atoms with van der Waals surface area (Å²) >= 11 is 0. The second-order valence-corrected chi connectivity index (χ2v) is 7.19. The molecule has 31 heavy (non-hydrogen) atoms. The van der Waals surface area contributed by atoms with Gasteiger partial charge in [0.1, 0.15) is 11.3 Å². The summed E-state index contributed by atoms with van der Waals surface area (Å²) in [6.45, 7) is 2.44. The lowest BCUT2D eigenvalue weighted by atomic mass is 10.1. The highest BCUT2D eigenvalue weighted by Gasteiger charge is 2.17. The van der Waals surface area contributed by atoms with Crippen LogP contribution in [-0.4, -0.2) is 35.2 Å². The van der Waals surface area contributed by atoms with Gasteiger partial charge in [0.2, 0.25) is 5.88 Å². The van der Waals surface area contributed by atoms with E-state index in [2.05, 4.69) is 15.3 Å². The van der Waals surface area contributed by atoms with Crippen LogP contribution in [0.15, 0.2) is 67.0 Å². The van der Waals surface area contributed by atoms with E-state index in [1.807, 2.05) is 64.7 Å². The van der Waals surface area contributed by atoms with E-state index >= 15 is 0 Å². The molecule has 0 unspecified atom stereocenters. The van der Waals surface area contributed by atoms with Crippen molar-refractivity contribution in [1.29, 1.82) is 0 Å². The SMILES string of the molecule is CCc1nn(Cc2cccc(O)n2)c2cccc(NC(=O)c3cn4ccccc4n3)c12. The van der Waals surface area contributed by atoms with Crippen molar-refractivity contribution in [2.24, 2.45) is 0 Å². The monoisotopic (exact) mass is 412 g/mol. The summed E-state index contributed by atoms with van der Waals surface area (Å²) in [7, 11) is 0. The molecule has 1 aromatic carbocycles. The Kier molecular flexibility index (Phi) is 4.59. The van der Waals surface area contributed by atoms with Crippen LogP contribution in [-0.2, 0) is 13.0 Å². The zero-order valence-corrected chi connectivity index (χ0v) is 16.9. The first kappa shape index (κ1) is 18.8. The second-order valence-electron chi connectivity index (χ2n) is 7.19. The minimum absolute atomic E-state index is 0.0231. The van der Waals surface area contributed by atoms with E-state index in [0.717, 1.165) is 16.6 Å². The number of imidazole rings is 1. The van der Waals surface area contributed by atoms with Crippen LogP contribution in [0.3, 0.4) is 0 Å². The van der Waals surface area contributed by atoms with Gasteiger partial charge in [-0.1, -0.05) is 25.1 Å². The van der Waals surface area contributed by atoms with Crippen LogP contribution in [0.5, 0.6) is 5.88 Å². The molecule has 4 aromatic heterocycles. The number of benzene rings is 1. The molecule has 0 atom stereocenters. The summed E-state index contributed by atoms with van der Waals surface area (Å²) in [5.74, 6) is -0.300. The molecule has 0 fully saturated rings. The van der Waals surface area contributed by atoms with Gasteiger partial charge in [-0.3, -0.25) is 9.48 Å². The molecule has 8 heteroatoms. The van der Waals surface area contributed by atoms with Gasteiger partial charge >= 0.3 is 0 Å². The number of nitrogens with zero attached hydrogens (tertiary/aromatic N) is 5. The van der Waals surface area contributed by atoms with E-state index in [-0.39, 0.29) is 11.8 Å². The van der Waals surface area contributed by atoms with Crippen LogP contribution in [0.25, 0.3) is 16.6 Å². The third-order valence-corrected chi connectivity index (χ3v) is 5.13. The Hall–Kier alpha value is -4.20. The predicted octanol–water partition coefficient (Wildman–Crippen LogP) is 3.65. The Morgan fingerprint density at radius 1 is 1.06 bits per heavy atom. The minimum Gasteiger partial charge on any atom is -0.493 e. The standard InChI is InChI=1S/C23H20N6O2/c1-2-16-22-17(26-23(31)18-14-28-12-4-3-10-20(28)25-18)8-6-9-19(22)29(27-16)13-15-7-5-11-21(30)24-15/h3-12,14H,2,13H2,1H3,(H,24,30)(H,26,31). The van der Waals surface area contributed by atoms with Crippen LogP contribution in [0, 0.1) is 0 Å². The van der Waals surface area contributed by atoms with Crippen LogP contribution in [0.4, 0.5) is 5.69 Å². The molecule has 0 saturated carbocycles. The average molecular weight is 412 g/mol. The highest BCUT2D eigenvalue weighted by Crippen LogP contribution is 2.28. The number of amides is 1. The molecule has 0 aliphatic carbocycles. The van der Waals surface area contributed by atoms with Crippen LogP contribution >= 0.6 is 0 Å². The third kappa shape index (κ3) is 3.48. The lowest BCUT2D eigenvalue weighted by molar-refractivity contribution is 0.102. The number of aromatic hydroxyl groups is 1. The summed E-state index contributed by atoms with van der Waals surface area (Å²) in [4.78, 5) is 21.5. The van der Waals surface area contributed by atoms with E-state index in [1.165, 1.54) is 6.07 Å². The van der Waals surface area contributed by atoms with E-state index in [0.29, 0.717) is 35.7 Å². The minimum atomic E-state index is -0.277. The lowest BCUT2D eigenvalue weighted by Gasteiger charge is -2.07. The highest BCUT2D eigenvalue weighted by atomic mass is 16.3. The quantitative estimate of drug-likeness (QED) is 0.459. The summed E-state index contributed by atoms with van der Waals surface area (Å²) in [6.07, 6.45) is 4.27. The van der Waals surface area contributed by atoms with Crippen molar-refractivity contribution < 1.29 is 9.90 Å². The zero-order chi connectivity index (χ0) is 21.4. The Morgan fingerprint density at radius 2 is 1.94 bits per heavy atom. The van der Waals surface area contributed by atoms with Gasteiger partial charge in [0.15, 0.2) is 0 Å². The van der Waals surface area contributed by atoms with Gasteiger partial charge in [-0.25, -0.2) is 9.97 Å². The molecule has 1 amide bonds. The average Bonchev–Trinajstić information content (AvgIpc) is 3.36. The van der Waals surface area contributed by atoms with Gasteiger partial charge in [0, 0.05) is 23.8 Å². The van der Waals surface area contributed by atoms with Gasteiger partial charge in [-0.2, -0.15) is 5.10 Å². The summed E-state index contributed by atoms with van der Waals surface area (Å²) in [5.41, 5.74) is 4.21. The number of carbonyl (C=O) groups excluding carboxylic acids is 1. The molecule has 0 bridgehead atoms. The Labute approximate surface area is 177 Å². The van der Waals surface area contributed by atoms with E-state index in [1.54, 1.807) is 12.3 Å². The maximum Gasteiger partial charge on any atom is 0.275 e. The molecule has 0 spiro atoms. The summed E-state index contributed by atoms with van der Waals surface area (Å²) in [6, 6.07) is 16.5. The molecular formula is C23H20N6O2. The topological polar surface area (TPSA) is 97.3 Å². The normalized spacial score (nSPS) is 11.3. The van der Waals surface area contributed by atoms with Gasteiger partial charge < -0.3 is 14.8 Å². The fourth-order valence-corrected chi connectivity index (χ4v) is 3.72. The molecule has 0 aliphatic heterocycles. The fraction of sp³-hybridized carbons (Fsp3) is 0.130. The van der Waals surface area contributed by atoms with Crippen molar-refractivity contribution in [3.63, 3.8) is 0 Å². The third-order valence-electron chi connectivity index (χ3n) is 5.13. The van der Waals surface area contributed by atoms with Crippen molar-refractivity contribution in [2.75, 3.05) is 5.32 Å². The first-order valence-electron chi connectivity index (χ1n) is 10.0. The van der Waals surface area contributed by atoms with Crippen LogP contribution in [0.2, 0.25) is 0 Å². The number of fused-ring (bicyclic) bond motifs is 2. The molecule has 5 aromatic rings. The first-order valence-corrected chi connectivity index (χ1v) is 10.0. The molecule has 0 radical (unpaired) electrons. The Morgan fingerprint density at radius 3 is 2.74 bits per heavy atom. The van der Waals surface area contributed by atoms with Gasteiger partial charge in [-0.05, 0) is 36.8 Å². The molecule has 154 valence electrons.